The fraction of sp³-hybridized carbons (Fsp3) is 0.120. The molecule has 5 rings (SSSR count). The number of ether oxygens (including phenoxy) is 1. The Balaban J connectivity index is 1.33. The molecule has 0 bridgehead atoms. The first-order valence-corrected chi connectivity index (χ1v) is 12.4. The van der Waals surface area contributed by atoms with Crippen LogP contribution in [0.5, 0.6) is 5.75 Å². The Labute approximate surface area is 202 Å². The van der Waals surface area contributed by atoms with E-state index in [0.29, 0.717) is 35.1 Å². The van der Waals surface area contributed by atoms with Crippen LogP contribution >= 0.6 is 0 Å². The predicted octanol–water partition coefficient (Wildman–Crippen LogP) is 4.53. The van der Waals surface area contributed by atoms with Crippen LogP contribution in [-0.2, 0) is 10.0 Å². The SMILES string of the molecule is CCOc1ccc(NS(=O)(=O)c2ccc(N3CC(O)=C(c4nc5ccccc5[nH]4)C3=N)cc2)cc1. The molecular weight excluding hydrogens is 466 g/mol. The Morgan fingerprint density at radius 3 is 2.49 bits per heavy atom. The number of aromatic amines is 1. The number of imidazole rings is 1. The molecule has 4 aromatic rings. The van der Waals surface area contributed by atoms with Crippen molar-refractivity contribution >= 4 is 43.8 Å². The van der Waals surface area contributed by atoms with Gasteiger partial charge in [-0.2, -0.15) is 0 Å². The van der Waals surface area contributed by atoms with Crippen LogP contribution in [0.2, 0.25) is 0 Å². The number of nitrogens with one attached hydrogen (secondary N) is 3. The van der Waals surface area contributed by atoms with Crippen molar-refractivity contribution in [2.45, 2.75) is 11.8 Å². The highest BCUT2D eigenvalue weighted by Crippen LogP contribution is 2.31. The summed E-state index contributed by atoms with van der Waals surface area (Å²) in [7, 11) is -3.81. The van der Waals surface area contributed by atoms with Crippen LogP contribution in [0.4, 0.5) is 11.4 Å². The molecule has 10 heteroatoms. The molecule has 1 aliphatic rings. The van der Waals surface area contributed by atoms with Gasteiger partial charge in [-0.05, 0) is 67.6 Å². The number of nitrogens with zero attached hydrogens (tertiary/aromatic N) is 2. The van der Waals surface area contributed by atoms with E-state index in [4.69, 9.17) is 10.1 Å². The highest BCUT2D eigenvalue weighted by Gasteiger charge is 2.31. The molecule has 4 N–H and O–H groups in total. The molecule has 3 aromatic carbocycles. The van der Waals surface area contributed by atoms with Crippen molar-refractivity contribution in [3.8, 4) is 5.75 Å². The highest BCUT2D eigenvalue weighted by atomic mass is 32.2. The number of rotatable bonds is 7. The number of fused-ring (bicyclic) bond motifs is 1. The lowest BCUT2D eigenvalue weighted by molar-refractivity contribution is 0.340. The van der Waals surface area contributed by atoms with E-state index in [9.17, 15) is 13.5 Å². The average molecular weight is 490 g/mol. The summed E-state index contributed by atoms with van der Waals surface area (Å²) in [5.74, 6) is 1.16. The number of aliphatic hydroxyl groups excluding tert-OH is 1. The second kappa shape index (κ2) is 8.80. The van der Waals surface area contributed by atoms with E-state index in [1.807, 2.05) is 31.2 Å². The van der Waals surface area contributed by atoms with Crippen LogP contribution in [0.25, 0.3) is 16.6 Å². The minimum atomic E-state index is -3.81. The van der Waals surface area contributed by atoms with Crippen LogP contribution < -0.4 is 14.4 Å². The average Bonchev–Trinajstić information content (AvgIpc) is 3.40. The minimum Gasteiger partial charge on any atom is -0.509 e. The van der Waals surface area contributed by atoms with Gasteiger partial charge >= 0.3 is 0 Å². The number of anilines is 2. The molecule has 0 radical (unpaired) electrons. The number of sulfonamides is 1. The Kier molecular flexibility index (Phi) is 5.65. The van der Waals surface area contributed by atoms with Gasteiger partial charge in [0.05, 0.1) is 34.7 Å². The minimum absolute atomic E-state index is 0.0166. The van der Waals surface area contributed by atoms with Crippen molar-refractivity contribution < 1.29 is 18.3 Å². The summed E-state index contributed by atoms with van der Waals surface area (Å²) in [5, 5.41) is 19.2. The highest BCUT2D eigenvalue weighted by molar-refractivity contribution is 7.92. The number of aliphatic hydroxyl groups is 1. The molecule has 0 saturated heterocycles. The summed E-state index contributed by atoms with van der Waals surface area (Å²) in [6, 6.07) is 20.3. The third-order valence-electron chi connectivity index (χ3n) is 5.61. The molecule has 0 spiro atoms. The molecule has 1 aromatic heterocycles. The second-order valence-corrected chi connectivity index (χ2v) is 9.60. The normalized spacial score (nSPS) is 14.1. The van der Waals surface area contributed by atoms with E-state index in [-0.39, 0.29) is 23.0 Å². The zero-order chi connectivity index (χ0) is 24.6. The molecular formula is C25H23N5O4S. The smallest absolute Gasteiger partial charge is 0.261 e. The van der Waals surface area contributed by atoms with Crippen LogP contribution in [0.15, 0.2) is 83.5 Å². The van der Waals surface area contributed by atoms with Crippen molar-refractivity contribution in [2.75, 3.05) is 22.8 Å². The molecule has 0 atom stereocenters. The fourth-order valence-electron chi connectivity index (χ4n) is 3.93. The fourth-order valence-corrected chi connectivity index (χ4v) is 4.98. The number of hydrogen-bond donors (Lipinski definition) is 4. The molecule has 0 unspecified atom stereocenters. The van der Waals surface area contributed by atoms with Crippen molar-refractivity contribution in [1.29, 1.82) is 5.41 Å². The van der Waals surface area contributed by atoms with Crippen molar-refractivity contribution in [3.05, 3.63) is 84.4 Å². The molecule has 0 aliphatic carbocycles. The van der Waals surface area contributed by atoms with Gasteiger partial charge in [-0.25, -0.2) is 13.4 Å². The second-order valence-electron chi connectivity index (χ2n) is 7.92. The third-order valence-corrected chi connectivity index (χ3v) is 7.00. The topological polar surface area (TPSA) is 131 Å². The van der Waals surface area contributed by atoms with Gasteiger partial charge in [-0.15, -0.1) is 0 Å². The lowest BCUT2D eigenvalue weighted by Gasteiger charge is -2.19. The molecule has 0 saturated carbocycles. The maximum absolute atomic E-state index is 12.8. The van der Waals surface area contributed by atoms with E-state index < -0.39 is 10.0 Å². The van der Waals surface area contributed by atoms with Gasteiger partial charge in [0.2, 0.25) is 0 Å². The van der Waals surface area contributed by atoms with E-state index in [0.717, 1.165) is 11.0 Å². The standard InChI is InChI=1S/C25H23N5O4S/c1-2-34-18-11-7-16(8-12-18)29-35(32,33)19-13-9-17(10-14-19)30-15-22(31)23(24(30)26)25-27-20-5-3-4-6-21(20)28-25/h3-14,26,29,31H,2,15H2,1H3,(H,27,28). The van der Waals surface area contributed by atoms with Gasteiger partial charge in [-0.3, -0.25) is 10.1 Å². The molecule has 2 heterocycles. The van der Waals surface area contributed by atoms with Crippen LogP contribution in [-0.4, -0.2) is 42.5 Å². The monoisotopic (exact) mass is 489 g/mol. The first-order valence-electron chi connectivity index (χ1n) is 10.9. The Hall–Kier alpha value is -4.31. The summed E-state index contributed by atoms with van der Waals surface area (Å²) in [4.78, 5) is 9.30. The number of benzene rings is 3. The van der Waals surface area contributed by atoms with Crippen molar-refractivity contribution in [1.82, 2.24) is 9.97 Å². The quantitative estimate of drug-likeness (QED) is 0.302. The number of aromatic nitrogens is 2. The zero-order valence-corrected chi connectivity index (χ0v) is 19.6. The largest absolute Gasteiger partial charge is 0.509 e. The van der Waals surface area contributed by atoms with Gasteiger partial charge in [0.1, 0.15) is 23.2 Å². The molecule has 178 valence electrons. The third kappa shape index (κ3) is 4.31. The maximum atomic E-state index is 12.8. The lowest BCUT2D eigenvalue weighted by Crippen LogP contribution is -2.26. The number of H-pyrrole nitrogens is 1. The first-order chi connectivity index (χ1) is 16.9. The lowest BCUT2D eigenvalue weighted by atomic mass is 10.2. The summed E-state index contributed by atoms with van der Waals surface area (Å²) in [6.07, 6.45) is 0. The van der Waals surface area contributed by atoms with Crippen LogP contribution in [0.1, 0.15) is 12.7 Å². The number of para-hydroxylation sites is 2. The Morgan fingerprint density at radius 2 is 1.80 bits per heavy atom. The first kappa shape index (κ1) is 22.5. The Bertz CT molecular complexity index is 1510. The summed E-state index contributed by atoms with van der Waals surface area (Å²) < 4.78 is 33.6. The zero-order valence-electron chi connectivity index (χ0n) is 18.8. The molecule has 35 heavy (non-hydrogen) atoms. The van der Waals surface area contributed by atoms with Gasteiger partial charge in [0.15, 0.2) is 0 Å². The van der Waals surface area contributed by atoms with Crippen LogP contribution in [0.3, 0.4) is 0 Å². The Morgan fingerprint density at radius 1 is 1.09 bits per heavy atom. The van der Waals surface area contributed by atoms with Gasteiger partial charge in [-0.1, -0.05) is 12.1 Å². The van der Waals surface area contributed by atoms with Crippen LogP contribution in [0, 0.1) is 5.41 Å². The molecule has 9 nitrogen and oxygen atoms in total. The van der Waals surface area contributed by atoms with Crippen molar-refractivity contribution in [2.24, 2.45) is 0 Å². The molecule has 1 aliphatic heterocycles. The summed E-state index contributed by atoms with van der Waals surface area (Å²) >= 11 is 0. The molecule has 0 fully saturated rings. The van der Waals surface area contributed by atoms with Gasteiger partial charge in [0.25, 0.3) is 10.0 Å². The molecule has 0 amide bonds. The van der Waals surface area contributed by atoms with Crippen molar-refractivity contribution in [3.63, 3.8) is 0 Å². The van der Waals surface area contributed by atoms with E-state index in [1.54, 1.807) is 41.3 Å². The number of amidine groups is 1. The van der Waals surface area contributed by atoms with E-state index in [1.165, 1.54) is 12.1 Å². The van der Waals surface area contributed by atoms with Gasteiger partial charge in [0, 0.05) is 11.4 Å². The maximum Gasteiger partial charge on any atom is 0.261 e. The van der Waals surface area contributed by atoms with E-state index in [2.05, 4.69) is 14.7 Å². The summed E-state index contributed by atoms with van der Waals surface area (Å²) in [5.41, 5.74) is 2.86. The summed E-state index contributed by atoms with van der Waals surface area (Å²) in [6.45, 7) is 2.49. The van der Waals surface area contributed by atoms with E-state index >= 15 is 0 Å². The van der Waals surface area contributed by atoms with Gasteiger partial charge < -0.3 is 19.7 Å². The number of hydrogen-bond acceptors (Lipinski definition) is 6. The predicted molar refractivity (Wildman–Crippen MR) is 136 cm³/mol.